The SMILES string of the molecule is CS(=O)(=O)OCCc1cn2c(n1)CCCC2. The van der Waals surface area contributed by atoms with Gasteiger partial charge in [-0.15, -0.1) is 0 Å². The average Bonchev–Trinajstić information content (AvgIpc) is 2.57. The second-order valence-electron chi connectivity index (χ2n) is 4.08. The summed E-state index contributed by atoms with van der Waals surface area (Å²) in [5, 5.41) is 0. The van der Waals surface area contributed by atoms with Crippen molar-refractivity contribution in [3.05, 3.63) is 17.7 Å². The van der Waals surface area contributed by atoms with Gasteiger partial charge in [0.15, 0.2) is 0 Å². The third-order valence-electron chi connectivity index (χ3n) is 2.61. The van der Waals surface area contributed by atoms with Gasteiger partial charge in [0.25, 0.3) is 10.1 Å². The average molecular weight is 244 g/mol. The first-order valence-corrected chi connectivity index (χ1v) is 7.25. The second kappa shape index (κ2) is 4.55. The highest BCUT2D eigenvalue weighted by atomic mass is 32.2. The van der Waals surface area contributed by atoms with Crippen molar-refractivity contribution >= 4 is 10.1 Å². The molecule has 1 aromatic rings. The molecule has 0 bridgehead atoms. The van der Waals surface area contributed by atoms with Gasteiger partial charge in [-0.3, -0.25) is 4.18 Å². The Bertz CT molecular complexity index is 441. The Balaban J connectivity index is 1.93. The molecule has 0 atom stereocenters. The molecule has 0 spiro atoms. The van der Waals surface area contributed by atoms with E-state index in [-0.39, 0.29) is 6.61 Å². The molecule has 5 nitrogen and oxygen atoms in total. The summed E-state index contributed by atoms with van der Waals surface area (Å²) in [7, 11) is -3.33. The van der Waals surface area contributed by atoms with E-state index < -0.39 is 10.1 Å². The van der Waals surface area contributed by atoms with Crippen LogP contribution in [0.25, 0.3) is 0 Å². The maximum Gasteiger partial charge on any atom is 0.264 e. The van der Waals surface area contributed by atoms with Crippen molar-refractivity contribution in [1.29, 1.82) is 0 Å². The molecule has 2 rings (SSSR count). The van der Waals surface area contributed by atoms with Crippen LogP contribution in [0.5, 0.6) is 0 Å². The lowest BCUT2D eigenvalue weighted by Gasteiger charge is -2.11. The van der Waals surface area contributed by atoms with Gasteiger partial charge in [0.2, 0.25) is 0 Å². The van der Waals surface area contributed by atoms with Crippen LogP contribution < -0.4 is 0 Å². The highest BCUT2D eigenvalue weighted by Crippen LogP contribution is 2.14. The van der Waals surface area contributed by atoms with Crippen molar-refractivity contribution in [1.82, 2.24) is 9.55 Å². The lowest BCUT2D eigenvalue weighted by molar-refractivity contribution is 0.324. The van der Waals surface area contributed by atoms with Gasteiger partial charge in [0.1, 0.15) is 5.82 Å². The molecule has 6 heteroatoms. The Morgan fingerprint density at radius 2 is 2.31 bits per heavy atom. The number of aryl methyl sites for hydroxylation is 2. The van der Waals surface area contributed by atoms with Crippen LogP contribution in [0.2, 0.25) is 0 Å². The normalized spacial score (nSPS) is 16.1. The molecule has 0 amide bonds. The number of rotatable bonds is 4. The minimum atomic E-state index is -3.33. The molecule has 0 N–H and O–H groups in total. The number of hydrogen-bond acceptors (Lipinski definition) is 4. The van der Waals surface area contributed by atoms with Gasteiger partial charge in [-0.1, -0.05) is 0 Å². The zero-order valence-corrected chi connectivity index (χ0v) is 10.2. The number of hydrogen-bond donors (Lipinski definition) is 0. The van der Waals surface area contributed by atoms with Crippen molar-refractivity contribution in [2.45, 2.75) is 32.2 Å². The summed E-state index contributed by atoms with van der Waals surface area (Å²) in [4.78, 5) is 4.46. The fourth-order valence-corrected chi connectivity index (χ4v) is 2.28. The van der Waals surface area contributed by atoms with Crippen LogP contribution in [0, 0.1) is 0 Å². The predicted molar refractivity (Wildman–Crippen MR) is 59.7 cm³/mol. The standard InChI is InChI=1S/C10H16N2O3S/c1-16(13,14)15-7-5-9-8-12-6-3-2-4-10(12)11-9/h8H,2-7H2,1H3. The molecule has 1 aliphatic rings. The molecule has 1 aromatic heterocycles. The Morgan fingerprint density at radius 1 is 1.50 bits per heavy atom. The van der Waals surface area contributed by atoms with Crippen LogP contribution in [0.4, 0.5) is 0 Å². The van der Waals surface area contributed by atoms with Crippen molar-refractivity contribution in [3.63, 3.8) is 0 Å². The molecule has 0 saturated carbocycles. The first-order chi connectivity index (χ1) is 7.54. The van der Waals surface area contributed by atoms with Gasteiger partial charge in [-0.05, 0) is 12.8 Å². The maximum atomic E-state index is 10.8. The molecule has 0 saturated heterocycles. The summed E-state index contributed by atoms with van der Waals surface area (Å²) >= 11 is 0. The Morgan fingerprint density at radius 3 is 3.00 bits per heavy atom. The highest BCUT2D eigenvalue weighted by Gasteiger charge is 2.12. The lowest BCUT2D eigenvalue weighted by Crippen LogP contribution is -2.08. The molecule has 0 aliphatic carbocycles. The topological polar surface area (TPSA) is 61.2 Å². The van der Waals surface area contributed by atoms with Crippen molar-refractivity contribution in [2.24, 2.45) is 0 Å². The minimum absolute atomic E-state index is 0.176. The molecule has 0 radical (unpaired) electrons. The van der Waals surface area contributed by atoms with Gasteiger partial charge >= 0.3 is 0 Å². The zero-order valence-electron chi connectivity index (χ0n) is 9.35. The minimum Gasteiger partial charge on any atom is -0.335 e. The molecule has 16 heavy (non-hydrogen) atoms. The summed E-state index contributed by atoms with van der Waals surface area (Å²) in [5.41, 5.74) is 0.917. The second-order valence-corrected chi connectivity index (χ2v) is 5.72. The molecule has 0 unspecified atom stereocenters. The van der Waals surface area contributed by atoms with Crippen LogP contribution in [0.15, 0.2) is 6.20 Å². The summed E-state index contributed by atoms with van der Waals surface area (Å²) in [6.45, 7) is 1.20. The summed E-state index contributed by atoms with van der Waals surface area (Å²) in [6.07, 6.45) is 7.02. The smallest absolute Gasteiger partial charge is 0.264 e. The van der Waals surface area contributed by atoms with E-state index in [0.717, 1.165) is 30.7 Å². The fraction of sp³-hybridized carbons (Fsp3) is 0.700. The van der Waals surface area contributed by atoms with E-state index in [1.807, 2.05) is 6.20 Å². The van der Waals surface area contributed by atoms with Crippen LogP contribution in [0.3, 0.4) is 0 Å². The molecule has 0 aromatic carbocycles. The van der Waals surface area contributed by atoms with E-state index in [9.17, 15) is 8.42 Å². The van der Waals surface area contributed by atoms with E-state index >= 15 is 0 Å². The van der Waals surface area contributed by atoms with E-state index in [0.29, 0.717) is 6.42 Å². The van der Waals surface area contributed by atoms with Gasteiger partial charge in [0, 0.05) is 25.6 Å². The molecule has 0 fully saturated rings. The Hall–Kier alpha value is -0.880. The third kappa shape index (κ3) is 3.05. The van der Waals surface area contributed by atoms with Crippen LogP contribution in [-0.4, -0.2) is 30.8 Å². The van der Waals surface area contributed by atoms with Crippen molar-refractivity contribution in [3.8, 4) is 0 Å². The first kappa shape index (κ1) is 11.6. The van der Waals surface area contributed by atoms with E-state index in [1.54, 1.807) is 0 Å². The van der Waals surface area contributed by atoms with E-state index in [4.69, 9.17) is 0 Å². The van der Waals surface area contributed by atoms with Crippen LogP contribution in [-0.2, 0) is 33.7 Å². The van der Waals surface area contributed by atoms with Crippen molar-refractivity contribution < 1.29 is 12.6 Å². The number of nitrogens with zero attached hydrogens (tertiary/aromatic N) is 2. The molecule has 2 heterocycles. The third-order valence-corrected chi connectivity index (χ3v) is 3.21. The van der Waals surface area contributed by atoms with E-state index in [1.165, 1.54) is 12.8 Å². The van der Waals surface area contributed by atoms with Crippen LogP contribution >= 0.6 is 0 Å². The first-order valence-electron chi connectivity index (χ1n) is 5.44. The quantitative estimate of drug-likeness (QED) is 0.733. The zero-order chi connectivity index (χ0) is 11.6. The molecule has 1 aliphatic heterocycles. The van der Waals surface area contributed by atoms with Gasteiger partial charge in [0.05, 0.1) is 18.6 Å². The molecular weight excluding hydrogens is 228 g/mol. The molecule has 90 valence electrons. The van der Waals surface area contributed by atoms with Gasteiger partial charge in [-0.25, -0.2) is 4.98 Å². The summed E-state index contributed by atoms with van der Waals surface area (Å²) in [6, 6.07) is 0. The van der Waals surface area contributed by atoms with Gasteiger partial charge < -0.3 is 4.57 Å². The monoisotopic (exact) mass is 244 g/mol. The predicted octanol–water partition coefficient (Wildman–Crippen LogP) is 0.738. The summed E-state index contributed by atoms with van der Waals surface area (Å²) < 4.78 is 28.4. The Labute approximate surface area is 95.6 Å². The summed E-state index contributed by atoms with van der Waals surface area (Å²) in [5.74, 6) is 1.11. The number of fused-ring (bicyclic) bond motifs is 1. The Kier molecular flexibility index (Phi) is 3.30. The van der Waals surface area contributed by atoms with Crippen LogP contribution in [0.1, 0.15) is 24.4 Å². The molecular formula is C10H16N2O3S. The highest BCUT2D eigenvalue weighted by molar-refractivity contribution is 7.85. The largest absolute Gasteiger partial charge is 0.335 e. The lowest BCUT2D eigenvalue weighted by atomic mass is 10.2. The van der Waals surface area contributed by atoms with Gasteiger partial charge in [-0.2, -0.15) is 8.42 Å². The number of imidazole rings is 1. The maximum absolute atomic E-state index is 10.8. The van der Waals surface area contributed by atoms with E-state index in [2.05, 4.69) is 13.7 Å². The fourth-order valence-electron chi connectivity index (χ4n) is 1.89. The number of aromatic nitrogens is 2. The van der Waals surface area contributed by atoms with Crippen molar-refractivity contribution in [2.75, 3.05) is 12.9 Å².